The minimum atomic E-state index is 0. The molecule has 0 aliphatic carbocycles. The van der Waals surface area contributed by atoms with Gasteiger partial charge in [0.1, 0.15) is 0 Å². The second-order valence-corrected chi connectivity index (χ2v) is 4.68. The summed E-state index contributed by atoms with van der Waals surface area (Å²) in [6, 6.07) is 13.6. The summed E-state index contributed by atoms with van der Waals surface area (Å²) in [4.78, 5) is 14.2. The maximum Gasteiger partial charge on any atom is 0.272 e. The number of carbonyl (C=O) groups excluding carboxylic acids is 1. The van der Waals surface area contributed by atoms with E-state index in [9.17, 15) is 4.79 Å². The third kappa shape index (κ3) is 2.60. The summed E-state index contributed by atoms with van der Waals surface area (Å²) in [6.07, 6.45) is 2.76. The number of amides is 1. The Morgan fingerprint density at radius 1 is 1.20 bits per heavy atom. The molecule has 1 aromatic carbocycles. The van der Waals surface area contributed by atoms with Crippen LogP contribution in [0.2, 0.25) is 0 Å². The second-order valence-electron chi connectivity index (χ2n) is 4.68. The zero-order valence-corrected chi connectivity index (χ0v) is 11.8. The predicted molar refractivity (Wildman–Crippen MR) is 73.5 cm³/mol. The van der Waals surface area contributed by atoms with E-state index in [0.717, 1.165) is 18.7 Å². The Morgan fingerprint density at radius 3 is 2.75 bits per heavy atom. The van der Waals surface area contributed by atoms with E-state index in [-0.39, 0.29) is 24.9 Å². The van der Waals surface area contributed by atoms with Crippen molar-refractivity contribution in [2.75, 3.05) is 17.2 Å². The smallest absolute Gasteiger partial charge is 0.272 e. The first-order valence-electron chi connectivity index (χ1n) is 6.38. The van der Waals surface area contributed by atoms with E-state index in [1.54, 1.807) is 10.6 Å². The first kappa shape index (κ1) is 14.3. The number of anilines is 2. The molecule has 3 rings (SSSR count). The zero-order valence-electron chi connectivity index (χ0n) is 11.0. The molecule has 0 bridgehead atoms. The topological polar surface area (TPSA) is 50.2 Å². The number of halogens is 1. The van der Waals surface area contributed by atoms with Crippen LogP contribution in [0, 0.1) is 0 Å². The van der Waals surface area contributed by atoms with Crippen molar-refractivity contribution < 1.29 is 21.8 Å². The van der Waals surface area contributed by atoms with Gasteiger partial charge in [0.05, 0.1) is 6.20 Å². The molecule has 1 amide bonds. The van der Waals surface area contributed by atoms with Gasteiger partial charge in [0.15, 0.2) is 6.54 Å². The number of rotatable bonds is 2. The van der Waals surface area contributed by atoms with Crippen molar-refractivity contribution >= 4 is 17.4 Å². The third-order valence-corrected chi connectivity index (χ3v) is 3.47. The maximum atomic E-state index is 12.4. The fraction of sp³-hybridized carbons (Fsp3) is 0.200. The number of nitrogens with zero attached hydrogens (tertiary/aromatic N) is 2. The van der Waals surface area contributed by atoms with Gasteiger partial charge in [-0.3, -0.25) is 10.5 Å². The van der Waals surface area contributed by atoms with Crippen LogP contribution in [-0.4, -0.2) is 12.5 Å². The SMILES string of the molecule is Nc1cccc[n+]1CC(=O)N1CCc2ccccc21.[Cl-]. The Kier molecular flexibility index (Phi) is 4.25. The van der Waals surface area contributed by atoms with Gasteiger partial charge in [-0.05, 0) is 24.1 Å². The number of para-hydroxylation sites is 1. The molecule has 0 atom stereocenters. The molecule has 0 radical (unpaired) electrons. The molecule has 2 aromatic rings. The van der Waals surface area contributed by atoms with Crippen LogP contribution < -0.4 is 27.6 Å². The average Bonchev–Trinajstić information content (AvgIpc) is 2.85. The average molecular weight is 290 g/mol. The van der Waals surface area contributed by atoms with Crippen molar-refractivity contribution in [3.8, 4) is 0 Å². The molecule has 2 N–H and O–H groups in total. The molecule has 0 fully saturated rings. The predicted octanol–water partition coefficient (Wildman–Crippen LogP) is -1.85. The standard InChI is InChI=1S/C15H15N3O.ClH/c16-14-7-3-4-9-17(14)11-15(19)18-10-8-12-5-1-2-6-13(12)18;/h1-7,9,16H,8,10-11H2;1H. The van der Waals surface area contributed by atoms with E-state index < -0.39 is 0 Å². The number of carbonyl (C=O) groups is 1. The van der Waals surface area contributed by atoms with Crippen molar-refractivity contribution in [2.24, 2.45) is 0 Å². The minimum Gasteiger partial charge on any atom is -1.00 e. The molecule has 0 saturated heterocycles. The molecule has 104 valence electrons. The van der Waals surface area contributed by atoms with Gasteiger partial charge < -0.3 is 17.3 Å². The summed E-state index contributed by atoms with van der Waals surface area (Å²) in [5, 5.41) is 0. The summed E-state index contributed by atoms with van der Waals surface area (Å²) < 4.78 is 1.77. The van der Waals surface area contributed by atoms with E-state index in [1.807, 2.05) is 41.4 Å². The molecule has 2 heterocycles. The van der Waals surface area contributed by atoms with Gasteiger partial charge in [-0.15, -0.1) is 0 Å². The van der Waals surface area contributed by atoms with Crippen molar-refractivity contribution in [2.45, 2.75) is 13.0 Å². The van der Waals surface area contributed by atoms with Crippen molar-refractivity contribution in [1.29, 1.82) is 0 Å². The largest absolute Gasteiger partial charge is 1.00 e. The lowest BCUT2D eigenvalue weighted by Gasteiger charge is -2.16. The first-order valence-corrected chi connectivity index (χ1v) is 6.38. The molecule has 1 aromatic heterocycles. The summed E-state index contributed by atoms with van der Waals surface area (Å²) in [5.74, 6) is 0.677. The van der Waals surface area contributed by atoms with E-state index in [2.05, 4.69) is 6.07 Å². The van der Waals surface area contributed by atoms with Crippen LogP contribution in [0.15, 0.2) is 48.7 Å². The van der Waals surface area contributed by atoms with Gasteiger partial charge in [-0.2, -0.15) is 0 Å². The molecule has 5 heteroatoms. The zero-order chi connectivity index (χ0) is 13.2. The monoisotopic (exact) mass is 289 g/mol. The van der Waals surface area contributed by atoms with Crippen molar-refractivity contribution in [1.82, 2.24) is 0 Å². The quantitative estimate of drug-likeness (QED) is 0.660. The third-order valence-electron chi connectivity index (χ3n) is 3.47. The summed E-state index contributed by atoms with van der Waals surface area (Å²) in [6.45, 7) is 1.03. The van der Waals surface area contributed by atoms with Crippen LogP contribution in [0.1, 0.15) is 5.56 Å². The molecule has 0 saturated carbocycles. The van der Waals surface area contributed by atoms with Crippen LogP contribution in [0.3, 0.4) is 0 Å². The highest BCUT2D eigenvalue weighted by Crippen LogP contribution is 2.27. The summed E-state index contributed by atoms with van der Waals surface area (Å²) >= 11 is 0. The number of aromatic nitrogens is 1. The van der Waals surface area contributed by atoms with Gasteiger partial charge in [0.2, 0.25) is 0 Å². The number of pyridine rings is 1. The normalized spacial score (nSPS) is 12.7. The molecule has 20 heavy (non-hydrogen) atoms. The Hall–Kier alpha value is -2.07. The fourth-order valence-electron chi connectivity index (χ4n) is 2.46. The Morgan fingerprint density at radius 2 is 1.95 bits per heavy atom. The molecule has 1 aliphatic rings. The van der Waals surface area contributed by atoms with Crippen LogP contribution in [0.5, 0.6) is 0 Å². The van der Waals surface area contributed by atoms with E-state index >= 15 is 0 Å². The lowest BCUT2D eigenvalue weighted by Crippen LogP contribution is -3.00. The Balaban J connectivity index is 0.00000147. The van der Waals surface area contributed by atoms with Crippen LogP contribution in [0.4, 0.5) is 11.5 Å². The van der Waals surface area contributed by atoms with E-state index in [4.69, 9.17) is 5.73 Å². The van der Waals surface area contributed by atoms with E-state index in [0.29, 0.717) is 5.82 Å². The Bertz CT molecular complexity index is 630. The number of fused-ring (bicyclic) bond motifs is 1. The highest BCUT2D eigenvalue weighted by Gasteiger charge is 2.25. The fourth-order valence-corrected chi connectivity index (χ4v) is 2.46. The molecule has 1 aliphatic heterocycles. The minimum absolute atomic E-state index is 0. The Labute approximate surface area is 124 Å². The molecule has 4 nitrogen and oxygen atoms in total. The van der Waals surface area contributed by atoms with Crippen molar-refractivity contribution in [3.63, 3.8) is 0 Å². The summed E-state index contributed by atoms with van der Waals surface area (Å²) in [5.41, 5.74) is 8.12. The van der Waals surface area contributed by atoms with Crippen LogP contribution in [-0.2, 0) is 17.8 Å². The van der Waals surface area contributed by atoms with Gasteiger partial charge in [0, 0.05) is 18.3 Å². The molecule has 0 unspecified atom stereocenters. The number of nitrogens with two attached hydrogens (primary N) is 1. The van der Waals surface area contributed by atoms with Crippen molar-refractivity contribution in [3.05, 3.63) is 54.2 Å². The molecule has 0 spiro atoms. The van der Waals surface area contributed by atoms with Crippen LogP contribution >= 0.6 is 0 Å². The van der Waals surface area contributed by atoms with E-state index in [1.165, 1.54) is 5.56 Å². The van der Waals surface area contributed by atoms with Gasteiger partial charge in [-0.25, -0.2) is 4.57 Å². The lowest BCUT2D eigenvalue weighted by atomic mass is 10.2. The number of hydrogen-bond donors (Lipinski definition) is 1. The molecular formula is C15H16ClN3O. The summed E-state index contributed by atoms with van der Waals surface area (Å²) in [7, 11) is 0. The highest BCUT2D eigenvalue weighted by molar-refractivity contribution is 5.94. The van der Waals surface area contributed by atoms with Crippen LogP contribution in [0.25, 0.3) is 0 Å². The highest BCUT2D eigenvalue weighted by atomic mass is 35.5. The van der Waals surface area contributed by atoms with Gasteiger partial charge in [0.25, 0.3) is 11.7 Å². The number of benzene rings is 1. The maximum absolute atomic E-state index is 12.4. The number of hydrogen-bond acceptors (Lipinski definition) is 2. The lowest BCUT2D eigenvalue weighted by molar-refractivity contribution is -0.669. The van der Waals surface area contributed by atoms with Gasteiger partial charge >= 0.3 is 0 Å². The second kappa shape index (κ2) is 5.92. The number of nitrogen functional groups attached to an aromatic ring is 1. The van der Waals surface area contributed by atoms with Gasteiger partial charge in [-0.1, -0.05) is 24.3 Å². The first-order chi connectivity index (χ1) is 9.25. The molecular weight excluding hydrogens is 274 g/mol.